The Morgan fingerprint density at radius 1 is 1.32 bits per heavy atom. The van der Waals surface area contributed by atoms with Crippen LogP contribution in [0.5, 0.6) is 0 Å². The molecule has 0 saturated heterocycles. The second-order valence-corrected chi connectivity index (χ2v) is 4.61. The summed E-state index contributed by atoms with van der Waals surface area (Å²) >= 11 is 0. The lowest BCUT2D eigenvalue weighted by Gasteiger charge is -2.18. The number of ether oxygens (including phenoxy) is 2. The number of carbonyl (C=O) groups excluding carboxylic acids is 3. The zero-order valence-corrected chi connectivity index (χ0v) is 12.7. The van der Waals surface area contributed by atoms with Crippen molar-refractivity contribution >= 4 is 18.0 Å². The number of hydrogen-bond donors (Lipinski definition) is 2. The summed E-state index contributed by atoms with van der Waals surface area (Å²) in [7, 11) is 1.41. The zero-order valence-electron chi connectivity index (χ0n) is 12.7. The van der Waals surface area contributed by atoms with Gasteiger partial charge in [-0.3, -0.25) is 9.78 Å². The normalized spacial score (nSPS) is 11.5. The molecule has 1 rings (SSSR count). The number of rotatable bonds is 6. The van der Waals surface area contributed by atoms with E-state index in [1.807, 2.05) is 0 Å². The highest BCUT2D eigenvalue weighted by atomic mass is 16.6. The first-order valence-corrected chi connectivity index (χ1v) is 6.70. The van der Waals surface area contributed by atoms with Crippen LogP contribution in [-0.4, -0.2) is 48.8 Å². The molecule has 0 radical (unpaired) electrons. The van der Waals surface area contributed by atoms with E-state index >= 15 is 0 Å². The maximum atomic E-state index is 11.8. The number of pyridine rings is 1. The Labute approximate surface area is 128 Å². The minimum atomic E-state index is -1.04. The van der Waals surface area contributed by atoms with Crippen LogP contribution in [0.15, 0.2) is 24.5 Å². The quantitative estimate of drug-likeness (QED) is 0.741. The van der Waals surface area contributed by atoms with Crippen LogP contribution in [0.2, 0.25) is 0 Å². The number of amides is 2. The molecule has 2 amide bonds. The van der Waals surface area contributed by atoms with E-state index < -0.39 is 24.0 Å². The second kappa shape index (κ2) is 8.60. The average molecular weight is 309 g/mol. The van der Waals surface area contributed by atoms with Crippen molar-refractivity contribution in [2.45, 2.75) is 26.0 Å². The van der Waals surface area contributed by atoms with Crippen LogP contribution >= 0.6 is 0 Å². The monoisotopic (exact) mass is 309 g/mol. The van der Waals surface area contributed by atoms with Gasteiger partial charge in [0.15, 0.2) is 0 Å². The Hall–Kier alpha value is -2.64. The lowest BCUT2D eigenvalue weighted by Crippen LogP contribution is -2.49. The van der Waals surface area contributed by atoms with Crippen molar-refractivity contribution in [2.24, 2.45) is 0 Å². The van der Waals surface area contributed by atoms with Gasteiger partial charge in [-0.05, 0) is 26.0 Å². The molecule has 8 nitrogen and oxygen atoms in total. The largest absolute Gasteiger partial charge is 0.459 e. The predicted octanol–water partition coefficient (Wildman–Crippen LogP) is 0.488. The van der Waals surface area contributed by atoms with E-state index in [1.165, 1.54) is 25.5 Å². The van der Waals surface area contributed by atoms with Crippen molar-refractivity contribution in [3.63, 3.8) is 0 Å². The fraction of sp³-hybridized carbons (Fsp3) is 0.429. The number of alkyl carbamates (subject to hydrolysis) is 1. The molecule has 1 aromatic rings. The SMILES string of the molecule is CNC(=O)C(COC(=O)c1cccnc1)NC(=O)OC(C)C. The topological polar surface area (TPSA) is 107 Å². The van der Waals surface area contributed by atoms with Crippen LogP contribution in [-0.2, 0) is 14.3 Å². The maximum absolute atomic E-state index is 11.8. The number of likely N-dealkylation sites (N-methyl/N-ethyl adjacent to an activating group) is 1. The zero-order chi connectivity index (χ0) is 16.5. The predicted molar refractivity (Wildman–Crippen MR) is 77.1 cm³/mol. The van der Waals surface area contributed by atoms with Crippen molar-refractivity contribution in [2.75, 3.05) is 13.7 Å². The fourth-order valence-electron chi connectivity index (χ4n) is 1.47. The second-order valence-electron chi connectivity index (χ2n) is 4.61. The number of hydrogen-bond acceptors (Lipinski definition) is 6. The lowest BCUT2D eigenvalue weighted by atomic mass is 10.3. The van der Waals surface area contributed by atoms with E-state index in [2.05, 4.69) is 15.6 Å². The number of esters is 1. The molecular weight excluding hydrogens is 290 g/mol. The molecule has 0 fully saturated rings. The summed E-state index contributed by atoms with van der Waals surface area (Å²) in [6.07, 6.45) is 1.77. The Kier molecular flexibility index (Phi) is 6.81. The first kappa shape index (κ1) is 17.4. The van der Waals surface area contributed by atoms with Crippen LogP contribution < -0.4 is 10.6 Å². The highest BCUT2D eigenvalue weighted by Crippen LogP contribution is 2.00. The number of nitrogens with one attached hydrogen (secondary N) is 2. The van der Waals surface area contributed by atoms with E-state index in [0.29, 0.717) is 0 Å². The highest BCUT2D eigenvalue weighted by molar-refractivity contribution is 5.90. The van der Waals surface area contributed by atoms with Gasteiger partial charge in [0.05, 0.1) is 11.7 Å². The summed E-state index contributed by atoms with van der Waals surface area (Å²) in [5.41, 5.74) is 0.253. The molecule has 0 aliphatic carbocycles. The van der Waals surface area contributed by atoms with Gasteiger partial charge in [-0.2, -0.15) is 0 Å². The molecule has 2 N–H and O–H groups in total. The van der Waals surface area contributed by atoms with Gasteiger partial charge >= 0.3 is 12.1 Å². The standard InChI is InChI=1S/C14H19N3O5/c1-9(2)22-14(20)17-11(12(18)15-3)8-21-13(19)10-5-4-6-16-7-10/h4-7,9,11H,8H2,1-3H3,(H,15,18)(H,17,20). The van der Waals surface area contributed by atoms with E-state index in [1.54, 1.807) is 19.9 Å². The van der Waals surface area contributed by atoms with Gasteiger partial charge in [-0.1, -0.05) is 0 Å². The Balaban J connectivity index is 2.60. The van der Waals surface area contributed by atoms with Crippen LogP contribution in [0.4, 0.5) is 4.79 Å². The molecule has 0 saturated carbocycles. The van der Waals surface area contributed by atoms with Gasteiger partial charge in [0.2, 0.25) is 5.91 Å². The molecule has 22 heavy (non-hydrogen) atoms. The van der Waals surface area contributed by atoms with E-state index in [0.717, 1.165) is 0 Å². The molecule has 8 heteroatoms. The van der Waals surface area contributed by atoms with E-state index in [4.69, 9.17) is 9.47 Å². The van der Waals surface area contributed by atoms with Gasteiger partial charge in [0, 0.05) is 19.4 Å². The molecule has 0 aliphatic rings. The van der Waals surface area contributed by atoms with Crippen LogP contribution in [0.1, 0.15) is 24.2 Å². The van der Waals surface area contributed by atoms with Gasteiger partial charge in [0.1, 0.15) is 12.6 Å². The summed E-state index contributed by atoms with van der Waals surface area (Å²) in [5.74, 6) is -1.14. The van der Waals surface area contributed by atoms with Crippen LogP contribution in [0.25, 0.3) is 0 Å². The number of nitrogens with zero attached hydrogens (tertiary/aromatic N) is 1. The molecule has 0 aromatic carbocycles. The lowest BCUT2D eigenvalue weighted by molar-refractivity contribution is -0.123. The summed E-state index contributed by atoms with van der Waals surface area (Å²) in [5, 5.41) is 4.71. The molecule has 120 valence electrons. The summed E-state index contributed by atoms with van der Waals surface area (Å²) in [4.78, 5) is 38.8. The molecule has 0 spiro atoms. The van der Waals surface area contributed by atoms with Crippen molar-refractivity contribution in [1.29, 1.82) is 0 Å². The van der Waals surface area contributed by atoms with Gasteiger partial charge in [-0.15, -0.1) is 0 Å². The van der Waals surface area contributed by atoms with Crippen molar-refractivity contribution in [3.8, 4) is 0 Å². The molecule has 0 bridgehead atoms. The third-order valence-corrected chi connectivity index (χ3v) is 2.48. The Bertz CT molecular complexity index is 518. The average Bonchev–Trinajstić information content (AvgIpc) is 2.50. The van der Waals surface area contributed by atoms with E-state index in [-0.39, 0.29) is 18.3 Å². The van der Waals surface area contributed by atoms with Crippen LogP contribution in [0, 0.1) is 0 Å². The Morgan fingerprint density at radius 2 is 2.05 bits per heavy atom. The van der Waals surface area contributed by atoms with Crippen molar-refractivity contribution in [3.05, 3.63) is 30.1 Å². The summed E-state index contributed by atoms with van der Waals surface area (Å²) in [6.45, 7) is 3.04. The first-order valence-electron chi connectivity index (χ1n) is 6.70. The van der Waals surface area contributed by atoms with Crippen LogP contribution in [0.3, 0.4) is 0 Å². The van der Waals surface area contributed by atoms with Crippen molar-refractivity contribution in [1.82, 2.24) is 15.6 Å². The Morgan fingerprint density at radius 3 is 2.59 bits per heavy atom. The number of aromatic nitrogens is 1. The molecular formula is C14H19N3O5. The molecule has 1 atom stereocenters. The molecule has 1 heterocycles. The molecule has 0 aliphatic heterocycles. The van der Waals surface area contributed by atoms with Crippen molar-refractivity contribution < 1.29 is 23.9 Å². The van der Waals surface area contributed by atoms with E-state index in [9.17, 15) is 14.4 Å². The first-order chi connectivity index (χ1) is 10.4. The van der Waals surface area contributed by atoms with Gasteiger partial charge in [0.25, 0.3) is 0 Å². The molecule has 1 unspecified atom stereocenters. The summed E-state index contributed by atoms with van der Waals surface area (Å²) < 4.78 is 9.90. The maximum Gasteiger partial charge on any atom is 0.408 e. The highest BCUT2D eigenvalue weighted by Gasteiger charge is 2.23. The minimum Gasteiger partial charge on any atom is -0.459 e. The third-order valence-electron chi connectivity index (χ3n) is 2.48. The third kappa shape index (κ3) is 5.78. The minimum absolute atomic E-state index is 0.253. The number of carbonyl (C=O) groups is 3. The summed E-state index contributed by atoms with van der Waals surface area (Å²) in [6, 6.07) is 2.08. The molecule has 1 aromatic heterocycles. The van der Waals surface area contributed by atoms with Gasteiger partial charge < -0.3 is 20.1 Å². The van der Waals surface area contributed by atoms with Gasteiger partial charge in [-0.25, -0.2) is 9.59 Å². The smallest absolute Gasteiger partial charge is 0.408 e. The fourth-order valence-corrected chi connectivity index (χ4v) is 1.47.